The van der Waals surface area contributed by atoms with E-state index >= 15 is 0 Å². The van der Waals surface area contributed by atoms with Gasteiger partial charge in [0.05, 0.1) is 11.6 Å². The van der Waals surface area contributed by atoms with Crippen LogP contribution in [-0.2, 0) is 0 Å². The number of hydrogen-bond acceptors (Lipinski definition) is 4. The van der Waals surface area contributed by atoms with Crippen LogP contribution < -0.4 is 0 Å². The number of aromatic nitrogens is 3. The van der Waals surface area contributed by atoms with E-state index in [1.807, 2.05) is 24.3 Å². The molecule has 3 heterocycles. The lowest BCUT2D eigenvalue weighted by Crippen LogP contribution is -2.31. The van der Waals surface area contributed by atoms with Crippen molar-refractivity contribution in [3.05, 3.63) is 76.3 Å². The van der Waals surface area contributed by atoms with Crippen LogP contribution in [0.2, 0.25) is 10.2 Å². The minimum absolute atomic E-state index is 0.0675. The van der Waals surface area contributed by atoms with Gasteiger partial charge in [0, 0.05) is 35.7 Å². The molecule has 0 radical (unpaired) electrons. The normalized spacial score (nSPS) is 16.5. The Labute approximate surface area is 167 Å². The van der Waals surface area contributed by atoms with Gasteiger partial charge in [0.1, 0.15) is 5.15 Å². The lowest BCUT2D eigenvalue weighted by atomic mass is 10.0. The molecule has 0 unspecified atom stereocenters. The van der Waals surface area contributed by atoms with Gasteiger partial charge in [-0.05, 0) is 36.6 Å². The van der Waals surface area contributed by atoms with Crippen LogP contribution in [-0.4, -0.2) is 32.3 Å². The van der Waals surface area contributed by atoms with Crippen LogP contribution >= 0.6 is 23.2 Å². The van der Waals surface area contributed by atoms with Gasteiger partial charge in [0.25, 0.3) is 5.91 Å². The molecule has 1 atom stereocenters. The Hall–Kier alpha value is -2.50. The van der Waals surface area contributed by atoms with Crippen molar-refractivity contribution in [3.63, 3.8) is 0 Å². The van der Waals surface area contributed by atoms with Crippen molar-refractivity contribution in [3.8, 4) is 11.4 Å². The fourth-order valence-electron chi connectivity index (χ4n) is 3.38. The highest BCUT2D eigenvalue weighted by Gasteiger charge is 2.33. The molecule has 7 heteroatoms. The first kappa shape index (κ1) is 17.9. The van der Waals surface area contributed by atoms with Gasteiger partial charge >= 0.3 is 0 Å². The largest absolute Gasteiger partial charge is 0.331 e. The molecule has 1 saturated heterocycles. The first-order valence-electron chi connectivity index (χ1n) is 8.63. The van der Waals surface area contributed by atoms with E-state index in [4.69, 9.17) is 23.2 Å². The number of benzene rings is 1. The maximum Gasteiger partial charge on any atom is 0.259 e. The van der Waals surface area contributed by atoms with Gasteiger partial charge in [0.15, 0.2) is 5.82 Å². The van der Waals surface area contributed by atoms with E-state index in [-0.39, 0.29) is 17.1 Å². The molecule has 0 N–H and O–H groups in total. The molecule has 1 fully saturated rings. The molecular weight excluding hydrogens is 383 g/mol. The van der Waals surface area contributed by atoms with E-state index in [0.29, 0.717) is 23.0 Å². The number of amides is 1. The molecule has 136 valence electrons. The highest BCUT2D eigenvalue weighted by atomic mass is 35.5. The Morgan fingerprint density at radius 3 is 2.63 bits per heavy atom. The average molecular weight is 399 g/mol. The monoisotopic (exact) mass is 398 g/mol. The summed E-state index contributed by atoms with van der Waals surface area (Å²) in [5.74, 6) is 0.284. The Morgan fingerprint density at radius 1 is 1.11 bits per heavy atom. The Bertz CT molecular complexity index is 981. The quantitative estimate of drug-likeness (QED) is 0.593. The molecule has 0 spiro atoms. The van der Waals surface area contributed by atoms with Crippen molar-refractivity contribution in [2.45, 2.75) is 18.9 Å². The molecule has 0 aliphatic carbocycles. The molecule has 0 bridgehead atoms. The zero-order chi connectivity index (χ0) is 18.8. The van der Waals surface area contributed by atoms with Gasteiger partial charge in [-0.2, -0.15) is 0 Å². The van der Waals surface area contributed by atoms with Crippen molar-refractivity contribution < 1.29 is 4.79 Å². The number of carbonyl (C=O) groups is 1. The average Bonchev–Trinajstić information content (AvgIpc) is 3.18. The fourth-order valence-corrected chi connectivity index (χ4v) is 3.85. The highest BCUT2D eigenvalue weighted by Crippen LogP contribution is 2.37. The van der Waals surface area contributed by atoms with Crippen LogP contribution in [0, 0.1) is 0 Å². The summed E-state index contributed by atoms with van der Waals surface area (Å²) in [5.41, 5.74) is 2.05. The van der Waals surface area contributed by atoms with Crippen molar-refractivity contribution in [1.29, 1.82) is 0 Å². The summed E-state index contributed by atoms with van der Waals surface area (Å²) in [7, 11) is 0. The summed E-state index contributed by atoms with van der Waals surface area (Å²) in [6.45, 7) is 0.650. The number of hydrogen-bond donors (Lipinski definition) is 0. The number of nitrogens with zero attached hydrogens (tertiary/aromatic N) is 4. The molecule has 1 amide bonds. The Morgan fingerprint density at radius 2 is 1.89 bits per heavy atom. The second kappa shape index (κ2) is 7.62. The fraction of sp³-hybridized carbons (Fsp3) is 0.200. The first-order valence-corrected chi connectivity index (χ1v) is 9.39. The zero-order valence-electron chi connectivity index (χ0n) is 14.3. The number of halogens is 2. The SMILES string of the molecule is O=C(c1cnc(-c2ccncc2)nc1Cl)N1CCC[C@@H]1c1ccccc1Cl. The number of pyridine rings is 1. The maximum absolute atomic E-state index is 13.1. The second-order valence-corrected chi connectivity index (χ2v) is 7.08. The van der Waals surface area contributed by atoms with Crippen LogP contribution in [0.3, 0.4) is 0 Å². The topological polar surface area (TPSA) is 59.0 Å². The van der Waals surface area contributed by atoms with Crippen LogP contribution in [0.25, 0.3) is 11.4 Å². The third kappa shape index (κ3) is 3.53. The van der Waals surface area contributed by atoms with Crippen molar-refractivity contribution >= 4 is 29.1 Å². The van der Waals surface area contributed by atoms with Crippen LogP contribution in [0.4, 0.5) is 0 Å². The maximum atomic E-state index is 13.1. The minimum atomic E-state index is -0.177. The molecule has 4 rings (SSSR count). The summed E-state index contributed by atoms with van der Waals surface area (Å²) in [4.78, 5) is 27.5. The van der Waals surface area contributed by atoms with Gasteiger partial charge in [-0.3, -0.25) is 9.78 Å². The molecule has 1 aliphatic heterocycles. The van der Waals surface area contributed by atoms with Gasteiger partial charge in [-0.15, -0.1) is 0 Å². The molecule has 3 aromatic rings. The number of carbonyl (C=O) groups excluding carboxylic acids is 1. The second-order valence-electron chi connectivity index (χ2n) is 6.31. The number of rotatable bonds is 3. The summed E-state index contributed by atoms with van der Waals surface area (Å²) in [6, 6.07) is 11.1. The van der Waals surface area contributed by atoms with Gasteiger partial charge in [0.2, 0.25) is 0 Å². The highest BCUT2D eigenvalue weighted by molar-refractivity contribution is 6.33. The molecule has 1 aromatic carbocycles. The number of likely N-dealkylation sites (tertiary alicyclic amines) is 1. The van der Waals surface area contributed by atoms with Crippen LogP contribution in [0.1, 0.15) is 34.8 Å². The van der Waals surface area contributed by atoms with Gasteiger partial charge in [-0.25, -0.2) is 9.97 Å². The minimum Gasteiger partial charge on any atom is -0.331 e. The van der Waals surface area contributed by atoms with E-state index in [9.17, 15) is 4.79 Å². The van der Waals surface area contributed by atoms with Crippen molar-refractivity contribution in [2.24, 2.45) is 0 Å². The van der Waals surface area contributed by atoms with E-state index in [0.717, 1.165) is 24.0 Å². The lowest BCUT2D eigenvalue weighted by Gasteiger charge is -2.26. The van der Waals surface area contributed by atoms with Gasteiger partial charge in [-0.1, -0.05) is 41.4 Å². The molecular formula is C20H16Cl2N4O. The molecule has 0 saturated carbocycles. The zero-order valence-corrected chi connectivity index (χ0v) is 15.9. The van der Waals surface area contributed by atoms with Crippen LogP contribution in [0.15, 0.2) is 55.0 Å². The smallest absolute Gasteiger partial charge is 0.259 e. The molecule has 27 heavy (non-hydrogen) atoms. The third-order valence-electron chi connectivity index (χ3n) is 4.69. The Balaban J connectivity index is 1.63. The predicted molar refractivity (Wildman–Crippen MR) is 105 cm³/mol. The Kier molecular flexibility index (Phi) is 5.05. The lowest BCUT2D eigenvalue weighted by molar-refractivity contribution is 0.0735. The predicted octanol–water partition coefficient (Wildman–Crippen LogP) is 4.82. The van der Waals surface area contributed by atoms with E-state index < -0.39 is 0 Å². The van der Waals surface area contributed by atoms with Gasteiger partial charge < -0.3 is 4.90 Å². The van der Waals surface area contributed by atoms with Crippen LogP contribution in [0.5, 0.6) is 0 Å². The standard InChI is InChI=1S/C20H16Cl2N4O/c21-16-5-2-1-4-14(16)17-6-3-11-26(17)20(27)15-12-24-19(25-18(15)22)13-7-9-23-10-8-13/h1-2,4-5,7-10,12,17H,3,6,11H2/t17-/m1/s1. The summed E-state index contributed by atoms with van der Waals surface area (Å²) >= 11 is 12.7. The van der Waals surface area contributed by atoms with E-state index in [1.54, 1.807) is 29.4 Å². The van der Waals surface area contributed by atoms with Crippen molar-refractivity contribution in [2.75, 3.05) is 6.54 Å². The van der Waals surface area contributed by atoms with E-state index in [1.165, 1.54) is 6.20 Å². The molecule has 2 aromatic heterocycles. The summed E-state index contributed by atoms with van der Waals surface area (Å²) in [6.07, 6.45) is 6.59. The van der Waals surface area contributed by atoms with E-state index in [2.05, 4.69) is 15.0 Å². The molecule has 1 aliphatic rings. The summed E-state index contributed by atoms with van der Waals surface area (Å²) < 4.78 is 0. The summed E-state index contributed by atoms with van der Waals surface area (Å²) in [5, 5.41) is 0.809. The van der Waals surface area contributed by atoms with Crippen molar-refractivity contribution in [1.82, 2.24) is 19.9 Å². The third-order valence-corrected chi connectivity index (χ3v) is 5.32. The molecule has 5 nitrogen and oxygen atoms in total. The first-order chi connectivity index (χ1) is 13.1.